The fourth-order valence-corrected chi connectivity index (χ4v) is 5.71. The first kappa shape index (κ1) is 30.3. The van der Waals surface area contributed by atoms with Crippen molar-refractivity contribution in [2.45, 2.75) is 37.8 Å². The molecule has 0 spiro atoms. The van der Waals surface area contributed by atoms with Gasteiger partial charge < -0.3 is 15.0 Å². The minimum atomic E-state index is -4.15. The summed E-state index contributed by atoms with van der Waals surface area (Å²) in [6, 6.07) is 18.1. The van der Waals surface area contributed by atoms with Crippen LogP contribution in [0.1, 0.15) is 25.8 Å². The van der Waals surface area contributed by atoms with Crippen LogP contribution in [0.4, 0.5) is 5.69 Å². The van der Waals surface area contributed by atoms with Gasteiger partial charge in [0.05, 0.1) is 17.7 Å². The van der Waals surface area contributed by atoms with E-state index in [0.29, 0.717) is 27.9 Å². The van der Waals surface area contributed by atoms with Crippen LogP contribution >= 0.6 is 23.2 Å². The Balaban J connectivity index is 2.03. The number of hydrogen-bond donors (Lipinski definition) is 1. The third-order valence-electron chi connectivity index (χ3n) is 6.04. The molecule has 0 saturated carbocycles. The number of amides is 2. The van der Waals surface area contributed by atoms with Gasteiger partial charge in [-0.3, -0.25) is 13.9 Å². The summed E-state index contributed by atoms with van der Waals surface area (Å²) in [7, 11) is -2.65. The molecule has 0 aliphatic heterocycles. The monoisotopic (exact) mass is 591 g/mol. The third-order valence-corrected chi connectivity index (χ3v) is 8.42. The van der Waals surface area contributed by atoms with E-state index in [0.717, 1.165) is 10.7 Å². The zero-order chi connectivity index (χ0) is 28.6. The Morgan fingerprint density at radius 2 is 1.67 bits per heavy atom. The maximum atomic E-state index is 13.9. The molecule has 1 atom stereocenters. The van der Waals surface area contributed by atoms with E-state index in [1.165, 1.54) is 24.1 Å². The number of carbonyl (C=O) groups excluding carboxylic acids is 2. The van der Waals surface area contributed by atoms with Crippen molar-refractivity contribution in [2.75, 3.05) is 24.5 Å². The van der Waals surface area contributed by atoms with Crippen LogP contribution in [0.2, 0.25) is 10.0 Å². The number of hydrogen-bond acceptors (Lipinski definition) is 5. The molecular weight excluding hydrogens is 561 g/mol. The van der Waals surface area contributed by atoms with Gasteiger partial charge in [0.15, 0.2) is 0 Å². The minimum Gasteiger partial charge on any atom is -0.497 e. The van der Waals surface area contributed by atoms with Gasteiger partial charge >= 0.3 is 0 Å². The molecule has 0 unspecified atom stereocenters. The van der Waals surface area contributed by atoms with Crippen LogP contribution in [-0.4, -0.2) is 51.4 Å². The second kappa shape index (κ2) is 13.7. The number of benzene rings is 3. The highest BCUT2D eigenvalue weighted by Gasteiger charge is 2.32. The Kier molecular flexibility index (Phi) is 10.6. The zero-order valence-corrected chi connectivity index (χ0v) is 24.3. The first-order chi connectivity index (χ1) is 18.6. The number of anilines is 1. The summed E-state index contributed by atoms with van der Waals surface area (Å²) >= 11 is 12.4. The number of ether oxygens (including phenoxy) is 1. The van der Waals surface area contributed by atoms with Crippen molar-refractivity contribution >= 4 is 50.7 Å². The molecule has 3 aromatic rings. The van der Waals surface area contributed by atoms with E-state index < -0.39 is 28.5 Å². The van der Waals surface area contributed by atoms with Gasteiger partial charge in [0, 0.05) is 23.1 Å². The average molecular weight is 593 g/mol. The molecule has 0 saturated heterocycles. The molecule has 1 N–H and O–H groups in total. The SMILES string of the molecule is CCCNC(=O)[C@H](C)N(Cc1ccc(Cl)cc1Cl)C(=O)CN(c1ccc(OC)cc1)S(=O)(=O)c1ccccc1. The molecule has 11 heteroatoms. The molecular formula is C28H31Cl2N3O5S. The number of sulfonamides is 1. The number of nitrogens with one attached hydrogen (secondary N) is 1. The Hall–Kier alpha value is -3.27. The highest BCUT2D eigenvalue weighted by Crippen LogP contribution is 2.27. The zero-order valence-electron chi connectivity index (χ0n) is 21.9. The molecule has 0 bridgehead atoms. The standard InChI is InChI=1S/C28H31Cl2N3O5S/c1-4-16-31-28(35)20(2)32(18-21-10-11-22(29)17-26(21)30)27(34)19-33(23-12-14-24(38-3)15-13-23)39(36,37)25-8-6-5-7-9-25/h5-15,17,20H,4,16,18-19H2,1-3H3,(H,31,35)/t20-/m0/s1. The van der Waals surface area contributed by atoms with Gasteiger partial charge in [-0.1, -0.05) is 54.4 Å². The summed E-state index contributed by atoms with van der Waals surface area (Å²) in [6.45, 7) is 3.36. The van der Waals surface area contributed by atoms with Crippen LogP contribution < -0.4 is 14.4 Å². The molecule has 0 heterocycles. The van der Waals surface area contributed by atoms with Crippen molar-refractivity contribution in [1.82, 2.24) is 10.2 Å². The average Bonchev–Trinajstić information content (AvgIpc) is 2.94. The summed E-state index contributed by atoms with van der Waals surface area (Å²) in [5.41, 5.74) is 0.826. The summed E-state index contributed by atoms with van der Waals surface area (Å²) in [5, 5.41) is 3.55. The fourth-order valence-electron chi connectivity index (χ4n) is 3.81. The molecule has 0 aliphatic rings. The van der Waals surface area contributed by atoms with Gasteiger partial charge in [-0.25, -0.2) is 8.42 Å². The summed E-state index contributed by atoms with van der Waals surface area (Å²) in [6.07, 6.45) is 0.718. The van der Waals surface area contributed by atoms with Gasteiger partial charge in [-0.2, -0.15) is 0 Å². The van der Waals surface area contributed by atoms with Crippen LogP contribution in [0.5, 0.6) is 5.75 Å². The van der Waals surface area contributed by atoms with Gasteiger partial charge in [-0.15, -0.1) is 0 Å². The van der Waals surface area contributed by atoms with E-state index in [-0.39, 0.29) is 23.0 Å². The Labute approximate surface area is 239 Å². The molecule has 0 aliphatic carbocycles. The highest BCUT2D eigenvalue weighted by molar-refractivity contribution is 7.92. The summed E-state index contributed by atoms with van der Waals surface area (Å²) in [4.78, 5) is 28.1. The second-order valence-corrected chi connectivity index (χ2v) is 11.5. The lowest BCUT2D eigenvalue weighted by Crippen LogP contribution is -2.51. The van der Waals surface area contributed by atoms with Crippen molar-refractivity contribution in [2.24, 2.45) is 0 Å². The lowest BCUT2D eigenvalue weighted by molar-refractivity contribution is -0.139. The lowest BCUT2D eigenvalue weighted by Gasteiger charge is -2.32. The minimum absolute atomic E-state index is 0.0228. The van der Waals surface area contributed by atoms with Crippen molar-refractivity contribution in [3.05, 3.63) is 88.4 Å². The van der Waals surface area contributed by atoms with E-state index in [4.69, 9.17) is 27.9 Å². The Bertz CT molecular complexity index is 1390. The first-order valence-corrected chi connectivity index (χ1v) is 14.5. The van der Waals surface area contributed by atoms with E-state index >= 15 is 0 Å². The van der Waals surface area contributed by atoms with Crippen molar-refractivity contribution in [3.8, 4) is 5.75 Å². The topological polar surface area (TPSA) is 96.0 Å². The normalized spacial score (nSPS) is 11.9. The van der Waals surface area contributed by atoms with E-state index in [1.54, 1.807) is 67.6 Å². The van der Waals surface area contributed by atoms with Crippen molar-refractivity contribution in [1.29, 1.82) is 0 Å². The number of nitrogens with zero attached hydrogens (tertiary/aromatic N) is 2. The van der Waals surface area contributed by atoms with Crippen LogP contribution in [0, 0.1) is 0 Å². The van der Waals surface area contributed by atoms with Crippen LogP contribution in [0.15, 0.2) is 77.7 Å². The molecule has 8 nitrogen and oxygen atoms in total. The van der Waals surface area contributed by atoms with Gasteiger partial charge in [0.2, 0.25) is 11.8 Å². The van der Waals surface area contributed by atoms with Gasteiger partial charge in [-0.05, 0) is 67.4 Å². The lowest BCUT2D eigenvalue weighted by atomic mass is 10.1. The van der Waals surface area contributed by atoms with Crippen LogP contribution in [0.3, 0.4) is 0 Å². The van der Waals surface area contributed by atoms with E-state index in [1.807, 2.05) is 6.92 Å². The number of methoxy groups -OCH3 is 1. The predicted molar refractivity (Wildman–Crippen MR) is 154 cm³/mol. The molecule has 3 rings (SSSR count). The van der Waals surface area contributed by atoms with Gasteiger partial charge in [0.25, 0.3) is 10.0 Å². The third kappa shape index (κ3) is 7.65. The van der Waals surface area contributed by atoms with Crippen LogP contribution in [0.25, 0.3) is 0 Å². The molecule has 0 radical (unpaired) electrons. The molecule has 3 aromatic carbocycles. The molecule has 0 aromatic heterocycles. The molecule has 208 valence electrons. The molecule has 2 amide bonds. The maximum Gasteiger partial charge on any atom is 0.264 e. The summed E-state index contributed by atoms with van der Waals surface area (Å²) < 4.78 is 33.7. The molecule has 0 fully saturated rings. The first-order valence-electron chi connectivity index (χ1n) is 12.3. The highest BCUT2D eigenvalue weighted by atomic mass is 35.5. The number of rotatable bonds is 12. The van der Waals surface area contributed by atoms with Gasteiger partial charge in [0.1, 0.15) is 18.3 Å². The largest absolute Gasteiger partial charge is 0.497 e. The van der Waals surface area contributed by atoms with Crippen LogP contribution in [-0.2, 0) is 26.2 Å². The number of halogens is 2. The second-order valence-electron chi connectivity index (χ2n) is 8.75. The predicted octanol–water partition coefficient (Wildman–Crippen LogP) is 5.14. The fraction of sp³-hybridized carbons (Fsp3) is 0.286. The quantitative estimate of drug-likeness (QED) is 0.314. The molecule has 39 heavy (non-hydrogen) atoms. The van der Waals surface area contributed by atoms with E-state index in [9.17, 15) is 18.0 Å². The number of carbonyl (C=O) groups is 2. The Morgan fingerprint density at radius 1 is 1.00 bits per heavy atom. The van der Waals surface area contributed by atoms with Crippen molar-refractivity contribution in [3.63, 3.8) is 0 Å². The Morgan fingerprint density at radius 3 is 2.26 bits per heavy atom. The van der Waals surface area contributed by atoms with Crippen molar-refractivity contribution < 1.29 is 22.7 Å². The van der Waals surface area contributed by atoms with E-state index in [2.05, 4.69) is 5.32 Å². The smallest absolute Gasteiger partial charge is 0.264 e. The summed E-state index contributed by atoms with van der Waals surface area (Å²) in [5.74, 6) is -0.421. The maximum absolute atomic E-state index is 13.9.